The van der Waals surface area contributed by atoms with Crippen molar-refractivity contribution in [3.63, 3.8) is 0 Å². The molecule has 0 radical (unpaired) electrons. The molecule has 0 saturated heterocycles. The highest BCUT2D eigenvalue weighted by molar-refractivity contribution is 5.28. The summed E-state index contributed by atoms with van der Waals surface area (Å²) in [6.07, 6.45) is 1.01. The third-order valence-electron chi connectivity index (χ3n) is 3.38. The average Bonchev–Trinajstić information content (AvgIpc) is 2.53. The first-order valence-corrected chi connectivity index (χ1v) is 7.42. The lowest BCUT2D eigenvalue weighted by molar-refractivity contribution is 0.258. The standard InChI is InChI=1S/C18H24N2O/c1-20(15-16-7-3-2-4-8-16)11-6-12-21-18-10-5-9-17(13-18)14-19/h2-5,7-10,13H,6,11-12,14-15,19H2,1H3. The van der Waals surface area contributed by atoms with Crippen LogP contribution >= 0.6 is 0 Å². The zero-order valence-corrected chi connectivity index (χ0v) is 12.7. The van der Waals surface area contributed by atoms with E-state index in [1.54, 1.807) is 0 Å². The summed E-state index contributed by atoms with van der Waals surface area (Å²) in [5.41, 5.74) is 8.07. The lowest BCUT2D eigenvalue weighted by Crippen LogP contribution is -2.20. The van der Waals surface area contributed by atoms with Crippen LogP contribution in [-0.2, 0) is 13.1 Å². The van der Waals surface area contributed by atoms with Crippen LogP contribution < -0.4 is 10.5 Å². The number of hydrogen-bond acceptors (Lipinski definition) is 3. The van der Waals surface area contributed by atoms with Crippen LogP contribution in [0, 0.1) is 0 Å². The number of hydrogen-bond donors (Lipinski definition) is 1. The van der Waals surface area contributed by atoms with E-state index < -0.39 is 0 Å². The van der Waals surface area contributed by atoms with Gasteiger partial charge in [0.15, 0.2) is 0 Å². The Morgan fingerprint density at radius 1 is 1.00 bits per heavy atom. The Morgan fingerprint density at radius 2 is 1.76 bits per heavy atom. The average molecular weight is 284 g/mol. The summed E-state index contributed by atoms with van der Waals surface area (Å²) >= 11 is 0. The van der Waals surface area contributed by atoms with Crippen molar-refractivity contribution >= 4 is 0 Å². The lowest BCUT2D eigenvalue weighted by atomic mass is 10.2. The molecule has 0 spiro atoms. The maximum absolute atomic E-state index is 5.77. The first kappa shape index (κ1) is 15.5. The van der Waals surface area contributed by atoms with E-state index in [0.29, 0.717) is 6.54 Å². The van der Waals surface area contributed by atoms with Gasteiger partial charge in [0, 0.05) is 19.6 Å². The maximum atomic E-state index is 5.77. The highest BCUT2D eigenvalue weighted by Crippen LogP contribution is 2.13. The van der Waals surface area contributed by atoms with Gasteiger partial charge in [-0.2, -0.15) is 0 Å². The molecule has 0 aromatic heterocycles. The fourth-order valence-electron chi connectivity index (χ4n) is 2.26. The van der Waals surface area contributed by atoms with Crippen LogP contribution in [0.15, 0.2) is 54.6 Å². The first-order valence-electron chi connectivity index (χ1n) is 7.42. The van der Waals surface area contributed by atoms with E-state index in [1.165, 1.54) is 5.56 Å². The zero-order chi connectivity index (χ0) is 14.9. The third-order valence-corrected chi connectivity index (χ3v) is 3.38. The Kier molecular flexibility index (Phi) is 6.25. The summed E-state index contributed by atoms with van der Waals surface area (Å²) in [7, 11) is 2.14. The van der Waals surface area contributed by atoms with Gasteiger partial charge in [0.05, 0.1) is 6.61 Å². The quantitative estimate of drug-likeness (QED) is 0.757. The van der Waals surface area contributed by atoms with Crippen LogP contribution in [0.4, 0.5) is 0 Å². The highest BCUT2D eigenvalue weighted by atomic mass is 16.5. The minimum atomic E-state index is 0.553. The van der Waals surface area contributed by atoms with Crippen LogP contribution in [-0.4, -0.2) is 25.1 Å². The number of benzene rings is 2. The predicted octanol–water partition coefficient (Wildman–Crippen LogP) is 3.05. The smallest absolute Gasteiger partial charge is 0.119 e. The molecule has 0 bridgehead atoms. The molecule has 2 aromatic carbocycles. The van der Waals surface area contributed by atoms with Crippen molar-refractivity contribution in [2.24, 2.45) is 5.73 Å². The summed E-state index contributed by atoms with van der Waals surface area (Å²) in [4.78, 5) is 2.31. The van der Waals surface area contributed by atoms with E-state index in [1.807, 2.05) is 30.3 Å². The molecule has 0 unspecified atom stereocenters. The molecule has 21 heavy (non-hydrogen) atoms. The molecule has 0 fully saturated rings. The van der Waals surface area contributed by atoms with Gasteiger partial charge in [-0.15, -0.1) is 0 Å². The minimum absolute atomic E-state index is 0.553. The Morgan fingerprint density at radius 3 is 2.52 bits per heavy atom. The molecule has 0 heterocycles. The molecule has 0 atom stereocenters. The van der Waals surface area contributed by atoms with Crippen LogP contribution in [0.2, 0.25) is 0 Å². The van der Waals surface area contributed by atoms with Gasteiger partial charge in [0.25, 0.3) is 0 Å². The molecule has 0 amide bonds. The van der Waals surface area contributed by atoms with Gasteiger partial charge < -0.3 is 15.4 Å². The van der Waals surface area contributed by atoms with Crippen molar-refractivity contribution < 1.29 is 4.74 Å². The lowest BCUT2D eigenvalue weighted by Gasteiger charge is -2.16. The van der Waals surface area contributed by atoms with Crippen molar-refractivity contribution in [1.29, 1.82) is 0 Å². The third kappa shape index (κ3) is 5.58. The highest BCUT2D eigenvalue weighted by Gasteiger charge is 2.01. The molecule has 2 rings (SSSR count). The Bertz CT molecular complexity index is 528. The van der Waals surface area contributed by atoms with Crippen molar-refractivity contribution in [2.75, 3.05) is 20.2 Å². The van der Waals surface area contributed by atoms with Crippen LogP contribution in [0.3, 0.4) is 0 Å². The normalized spacial score (nSPS) is 10.8. The second-order valence-corrected chi connectivity index (χ2v) is 5.28. The first-order chi connectivity index (χ1) is 10.3. The predicted molar refractivity (Wildman–Crippen MR) is 87.2 cm³/mol. The molecule has 0 aliphatic rings. The van der Waals surface area contributed by atoms with Gasteiger partial charge in [-0.3, -0.25) is 0 Å². The summed E-state index contributed by atoms with van der Waals surface area (Å²) in [6, 6.07) is 18.5. The summed E-state index contributed by atoms with van der Waals surface area (Å²) in [6.45, 7) is 3.28. The molecule has 0 saturated carbocycles. The Labute approximate surface area is 127 Å². The van der Waals surface area contributed by atoms with Gasteiger partial charge >= 0.3 is 0 Å². The largest absolute Gasteiger partial charge is 0.494 e. The van der Waals surface area contributed by atoms with Crippen LogP contribution in [0.1, 0.15) is 17.5 Å². The SMILES string of the molecule is CN(CCCOc1cccc(CN)c1)Cc1ccccc1. The van der Waals surface area contributed by atoms with Crippen molar-refractivity contribution in [2.45, 2.75) is 19.5 Å². The van der Waals surface area contributed by atoms with E-state index in [-0.39, 0.29) is 0 Å². The van der Waals surface area contributed by atoms with Gasteiger partial charge in [-0.25, -0.2) is 0 Å². The molecule has 112 valence electrons. The topological polar surface area (TPSA) is 38.5 Å². The minimum Gasteiger partial charge on any atom is -0.494 e. The second-order valence-electron chi connectivity index (χ2n) is 5.28. The molecule has 3 nitrogen and oxygen atoms in total. The van der Waals surface area contributed by atoms with E-state index in [2.05, 4.69) is 36.2 Å². The fraction of sp³-hybridized carbons (Fsp3) is 0.333. The van der Waals surface area contributed by atoms with E-state index >= 15 is 0 Å². The van der Waals surface area contributed by atoms with E-state index in [0.717, 1.165) is 37.4 Å². The summed E-state index contributed by atoms with van der Waals surface area (Å²) < 4.78 is 5.77. The molecular weight excluding hydrogens is 260 g/mol. The second kappa shape index (κ2) is 8.45. The van der Waals surface area contributed by atoms with Gasteiger partial charge in [0.1, 0.15) is 5.75 Å². The van der Waals surface area contributed by atoms with Crippen LogP contribution in [0.5, 0.6) is 5.75 Å². The Balaban J connectivity index is 1.67. The number of nitrogens with zero attached hydrogens (tertiary/aromatic N) is 1. The number of rotatable bonds is 8. The van der Waals surface area contributed by atoms with Crippen molar-refractivity contribution in [3.05, 3.63) is 65.7 Å². The number of nitrogens with two attached hydrogens (primary N) is 1. The molecule has 2 N–H and O–H groups in total. The van der Waals surface area contributed by atoms with E-state index in [4.69, 9.17) is 10.5 Å². The zero-order valence-electron chi connectivity index (χ0n) is 12.7. The summed E-state index contributed by atoms with van der Waals surface area (Å²) in [5, 5.41) is 0. The van der Waals surface area contributed by atoms with E-state index in [9.17, 15) is 0 Å². The fourth-order valence-corrected chi connectivity index (χ4v) is 2.26. The maximum Gasteiger partial charge on any atom is 0.119 e. The van der Waals surface area contributed by atoms with Crippen LogP contribution in [0.25, 0.3) is 0 Å². The van der Waals surface area contributed by atoms with Gasteiger partial charge in [-0.1, -0.05) is 42.5 Å². The summed E-state index contributed by atoms with van der Waals surface area (Å²) in [5.74, 6) is 0.906. The van der Waals surface area contributed by atoms with Crippen molar-refractivity contribution in [1.82, 2.24) is 4.90 Å². The molecule has 0 aliphatic carbocycles. The molecular formula is C18H24N2O. The molecule has 3 heteroatoms. The molecule has 0 aliphatic heterocycles. The molecule has 2 aromatic rings. The monoisotopic (exact) mass is 284 g/mol. The van der Waals surface area contributed by atoms with Crippen molar-refractivity contribution in [3.8, 4) is 5.75 Å². The van der Waals surface area contributed by atoms with Gasteiger partial charge in [-0.05, 0) is 36.7 Å². The number of ether oxygens (including phenoxy) is 1. The van der Waals surface area contributed by atoms with Gasteiger partial charge in [0.2, 0.25) is 0 Å². The Hall–Kier alpha value is -1.84.